The molecule has 2 rings (SSSR count). The van der Waals surface area contributed by atoms with Crippen LogP contribution in [0.3, 0.4) is 0 Å². The van der Waals surface area contributed by atoms with Gasteiger partial charge < -0.3 is 4.74 Å². The van der Waals surface area contributed by atoms with E-state index in [4.69, 9.17) is 16.3 Å². The molecule has 4 nitrogen and oxygen atoms in total. The quantitative estimate of drug-likeness (QED) is 0.797. The third-order valence-electron chi connectivity index (χ3n) is 3.02. The van der Waals surface area contributed by atoms with Crippen LogP contribution in [0.25, 0.3) is 11.3 Å². The molecule has 0 radical (unpaired) electrons. The standard InChI is InChI=1S/C16H19ClN2O2/c1-11(2)10-21-15-7-5-4-6-13(15)14-8-12(9-17)16(20)19(3)18-14/h4-8,11H,9-10H2,1-3H3. The normalized spacial score (nSPS) is 10.9. The van der Waals surface area contributed by atoms with Crippen molar-refractivity contribution in [2.45, 2.75) is 19.7 Å². The molecule has 0 saturated carbocycles. The molecule has 1 aromatic carbocycles. The van der Waals surface area contributed by atoms with Gasteiger partial charge in [-0.2, -0.15) is 5.10 Å². The maximum atomic E-state index is 11.9. The lowest BCUT2D eigenvalue weighted by Crippen LogP contribution is -2.23. The zero-order chi connectivity index (χ0) is 15.4. The van der Waals surface area contributed by atoms with Crippen LogP contribution in [0.5, 0.6) is 5.75 Å². The van der Waals surface area contributed by atoms with Crippen molar-refractivity contribution in [3.8, 4) is 17.0 Å². The molecule has 0 fully saturated rings. The highest BCUT2D eigenvalue weighted by Gasteiger charge is 2.12. The number of rotatable bonds is 5. The van der Waals surface area contributed by atoms with E-state index < -0.39 is 0 Å². The molecule has 0 N–H and O–H groups in total. The lowest BCUT2D eigenvalue weighted by molar-refractivity contribution is 0.272. The number of hydrogen-bond acceptors (Lipinski definition) is 3. The molecule has 0 aliphatic carbocycles. The summed E-state index contributed by atoms with van der Waals surface area (Å²) in [4.78, 5) is 11.9. The van der Waals surface area contributed by atoms with Crippen LogP contribution < -0.4 is 10.3 Å². The third kappa shape index (κ3) is 3.64. The third-order valence-corrected chi connectivity index (χ3v) is 3.30. The Morgan fingerprint density at radius 1 is 1.33 bits per heavy atom. The molecule has 2 aromatic rings. The number of aromatic nitrogens is 2. The van der Waals surface area contributed by atoms with E-state index in [9.17, 15) is 4.79 Å². The van der Waals surface area contributed by atoms with Gasteiger partial charge in [-0.15, -0.1) is 11.6 Å². The molecule has 5 heteroatoms. The van der Waals surface area contributed by atoms with E-state index in [0.29, 0.717) is 23.8 Å². The predicted octanol–water partition coefficient (Wildman–Crippen LogP) is 3.22. The monoisotopic (exact) mass is 306 g/mol. The van der Waals surface area contributed by atoms with Crippen LogP contribution in [0.2, 0.25) is 0 Å². The molecule has 21 heavy (non-hydrogen) atoms. The first kappa shape index (κ1) is 15.6. The second kappa shape index (κ2) is 6.76. The topological polar surface area (TPSA) is 44.1 Å². The van der Waals surface area contributed by atoms with Crippen molar-refractivity contribution in [3.63, 3.8) is 0 Å². The van der Waals surface area contributed by atoms with Crippen LogP contribution in [0.4, 0.5) is 0 Å². The number of hydrogen-bond donors (Lipinski definition) is 0. The summed E-state index contributed by atoms with van der Waals surface area (Å²) >= 11 is 5.83. The highest BCUT2D eigenvalue weighted by Crippen LogP contribution is 2.28. The second-order valence-electron chi connectivity index (χ2n) is 5.32. The number of nitrogens with zero attached hydrogens (tertiary/aromatic N) is 2. The van der Waals surface area contributed by atoms with Gasteiger partial charge in [-0.05, 0) is 24.1 Å². The average molecular weight is 307 g/mol. The van der Waals surface area contributed by atoms with Crippen molar-refractivity contribution in [2.24, 2.45) is 13.0 Å². The maximum absolute atomic E-state index is 11.9. The smallest absolute Gasteiger partial charge is 0.270 e. The highest BCUT2D eigenvalue weighted by atomic mass is 35.5. The molecule has 0 aliphatic rings. The molecule has 0 amide bonds. The van der Waals surface area contributed by atoms with Crippen LogP contribution in [0.1, 0.15) is 19.4 Å². The van der Waals surface area contributed by atoms with Gasteiger partial charge in [0, 0.05) is 18.2 Å². The molecule has 1 heterocycles. The number of ether oxygens (including phenoxy) is 1. The molecule has 1 aromatic heterocycles. The van der Waals surface area contributed by atoms with Gasteiger partial charge in [-0.25, -0.2) is 4.68 Å². The van der Waals surface area contributed by atoms with E-state index in [0.717, 1.165) is 11.3 Å². The Kier molecular flexibility index (Phi) is 5.02. The summed E-state index contributed by atoms with van der Waals surface area (Å²) < 4.78 is 7.15. The van der Waals surface area contributed by atoms with Crippen LogP contribution in [-0.2, 0) is 12.9 Å². The Balaban J connectivity index is 2.47. The second-order valence-corrected chi connectivity index (χ2v) is 5.59. The fourth-order valence-electron chi connectivity index (χ4n) is 1.96. The lowest BCUT2D eigenvalue weighted by atomic mass is 10.1. The zero-order valence-corrected chi connectivity index (χ0v) is 13.2. The van der Waals surface area contributed by atoms with E-state index >= 15 is 0 Å². The first-order valence-corrected chi connectivity index (χ1v) is 7.41. The van der Waals surface area contributed by atoms with Gasteiger partial charge in [0.15, 0.2) is 0 Å². The van der Waals surface area contributed by atoms with Gasteiger partial charge in [0.25, 0.3) is 5.56 Å². The Morgan fingerprint density at radius 3 is 2.71 bits per heavy atom. The molecule has 0 unspecified atom stereocenters. The summed E-state index contributed by atoms with van der Waals surface area (Å²) in [7, 11) is 1.62. The summed E-state index contributed by atoms with van der Waals surface area (Å²) in [5.41, 5.74) is 1.91. The first-order chi connectivity index (χ1) is 10.0. The van der Waals surface area contributed by atoms with Gasteiger partial charge in [-0.3, -0.25) is 4.79 Å². The van der Waals surface area contributed by atoms with Crippen molar-refractivity contribution in [1.29, 1.82) is 0 Å². The van der Waals surface area contributed by atoms with Gasteiger partial charge >= 0.3 is 0 Å². The molecule has 0 saturated heterocycles. The van der Waals surface area contributed by atoms with Crippen molar-refractivity contribution in [2.75, 3.05) is 6.61 Å². The SMILES string of the molecule is CC(C)COc1ccccc1-c1cc(CCl)c(=O)n(C)n1. The number of alkyl halides is 1. The van der Waals surface area contributed by atoms with Gasteiger partial charge in [0.05, 0.1) is 18.2 Å². The number of benzene rings is 1. The van der Waals surface area contributed by atoms with Crippen molar-refractivity contribution < 1.29 is 4.74 Å². The molecule has 0 atom stereocenters. The Morgan fingerprint density at radius 2 is 2.05 bits per heavy atom. The van der Waals surface area contributed by atoms with Crippen molar-refractivity contribution >= 4 is 11.6 Å². The molecule has 0 bridgehead atoms. The lowest BCUT2D eigenvalue weighted by Gasteiger charge is -2.13. The number of para-hydroxylation sites is 1. The van der Waals surface area contributed by atoms with E-state index in [1.807, 2.05) is 24.3 Å². The summed E-state index contributed by atoms with van der Waals surface area (Å²) in [5.74, 6) is 1.36. The minimum Gasteiger partial charge on any atom is -0.493 e. The fourth-order valence-corrected chi connectivity index (χ4v) is 2.15. The van der Waals surface area contributed by atoms with Crippen molar-refractivity contribution in [3.05, 3.63) is 46.2 Å². The van der Waals surface area contributed by atoms with E-state index in [1.54, 1.807) is 13.1 Å². The molecular weight excluding hydrogens is 288 g/mol. The predicted molar refractivity (Wildman–Crippen MR) is 84.8 cm³/mol. The Hall–Kier alpha value is -1.81. The summed E-state index contributed by atoms with van der Waals surface area (Å²) in [6.45, 7) is 4.82. The van der Waals surface area contributed by atoms with Gasteiger partial charge in [0.2, 0.25) is 0 Å². The van der Waals surface area contributed by atoms with Crippen LogP contribution in [0.15, 0.2) is 35.1 Å². The number of halogens is 1. The van der Waals surface area contributed by atoms with Crippen LogP contribution in [0, 0.1) is 5.92 Å². The van der Waals surface area contributed by atoms with Crippen LogP contribution in [-0.4, -0.2) is 16.4 Å². The Labute approximate surface area is 129 Å². The minimum absolute atomic E-state index is 0.164. The van der Waals surface area contributed by atoms with Crippen LogP contribution >= 0.6 is 11.6 Å². The van der Waals surface area contributed by atoms with Crippen molar-refractivity contribution in [1.82, 2.24) is 9.78 Å². The zero-order valence-electron chi connectivity index (χ0n) is 12.5. The number of aryl methyl sites for hydroxylation is 1. The van der Waals surface area contributed by atoms with Gasteiger partial charge in [-0.1, -0.05) is 26.0 Å². The first-order valence-electron chi connectivity index (χ1n) is 6.88. The minimum atomic E-state index is -0.172. The van der Waals surface area contributed by atoms with E-state index in [-0.39, 0.29) is 11.4 Å². The summed E-state index contributed by atoms with van der Waals surface area (Å²) in [5, 5.41) is 4.30. The molecular formula is C16H19ClN2O2. The Bertz CT molecular complexity index is 680. The summed E-state index contributed by atoms with van der Waals surface area (Å²) in [6.07, 6.45) is 0. The van der Waals surface area contributed by atoms with Gasteiger partial charge in [0.1, 0.15) is 5.75 Å². The fraction of sp³-hybridized carbons (Fsp3) is 0.375. The average Bonchev–Trinajstić information content (AvgIpc) is 2.48. The van der Waals surface area contributed by atoms with E-state index in [2.05, 4.69) is 18.9 Å². The largest absolute Gasteiger partial charge is 0.493 e. The summed E-state index contributed by atoms with van der Waals surface area (Å²) in [6, 6.07) is 9.41. The molecule has 0 aliphatic heterocycles. The maximum Gasteiger partial charge on any atom is 0.270 e. The molecule has 0 spiro atoms. The molecule has 112 valence electrons. The highest BCUT2D eigenvalue weighted by molar-refractivity contribution is 6.17. The van der Waals surface area contributed by atoms with E-state index in [1.165, 1.54) is 4.68 Å².